The molecule has 0 saturated heterocycles. The summed E-state index contributed by atoms with van der Waals surface area (Å²) in [6.45, 7) is 2.23. The summed E-state index contributed by atoms with van der Waals surface area (Å²) in [6, 6.07) is 5.49. The molecule has 1 atom stereocenters. The van der Waals surface area contributed by atoms with Crippen LogP contribution in [-0.2, 0) is 12.8 Å². The smallest absolute Gasteiger partial charge is 0.281 e. The Bertz CT molecular complexity index is 850. The van der Waals surface area contributed by atoms with Crippen molar-refractivity contribution in [2.75, 3.05) is 21.3 Å². The minimum atomic E-state index is -0.199. The lowest BCUT2D eigenvalue weighted by molar-refractivity contribution is 0.0959. The van der Waals surface area contributed by atoms with Gasteiger partial charge < -0.3 is 14.2 Å². The first kappa shape index (κ1) is 20.2. The molecule has 1 aromatic heterocycles. The number of carbonyl (C=O) groups is 1. The van der Waals surface area contributed by atoms with Crippen LogP contribution in [0.1, 0.15) is 45.4 Å². The van der Waals surface area contributed by atoms with Gasteiger partial charge in [-0.15, -0.1) is 11.3 Å². The second kappa shape index (κ2) is 9.10. The zero-order chi connectivity index (χ0) is 20.1. The van der Waals surface area contributed by atoms with E-state index in [0.29, 0.717) is 27.7 Å². The Morgan fingerprint density at radius 2 is 1.93 bits per heavy atom. The van der Waals surface area contributed by atoms with Crippen LogP contribution in [0.4, 0.5) is 0 Å². The molecule has 3 rings (SSSR count). The molecule has 6 nitrogen and oxygen atoms in total. The van der Waals surface area contributed by atoms with Gasteiger partial charge in [0.15, 0.2) is 0 Å². The fraction of sp³-hybridized carbons (Fsp3) is 0.429. The van der Waals surface area contributed by atoms with E-state index in [-0.39, 0.29) is 5.91 Å². The van der Waals surface area contributed by atoms with Crippen LogP contribution in [0, 0.1) is 5.92 Å². The minimum Gasteiger partial charge on any atom is -0.496 e. The van der Waals surface area contributed by atoms with Crippen molar-refractivity contribution in [1.82, 2.24) is 5.43 Å². The molecule has 0 saturated carbocycles. The molecule has 1 aliphatic rings. The predicted molar refractivity (Wildman–Crippen MR) is 111 cm³/mol. The van der Waals surface area contributed by atoms with E-state index in [1.165, 1.54) is 29.5 Å². The molecule has 1 N–H and O–H groups in total. The fourth-order valence-corrected chi connectivity index (χ4v) is 4.53. The van der Waals surface area contributed by atoms with Gasteiger partial charge in [-0.05, 0) is 36.8 Å². The molecule has 28 heavy (non-hydrogen) atoms. The second-order valence-electron chi connectivity index (χ2n) is 6.72. The van der Waals surface area contributed by atoms with Crippen LogP contribution in [0.2, 0.25) is 0 Å². The average Bonchev–Trinajstić information content (AvgIpc) is 3.16. The van der Waals surface area contributed by atoms with Gasteiger partial charge in [0.25, 0.3) is 5.91 Å². The number of hydrazone groups is 1. The number of methoxy groups -OCH3 is 3. The number of thiophene rings is 1. The molecule has 150 valence electrons. The summed E-state index contributed by atoms with van der Waals surface area (Å²) in [6.07, 6.45) is 6.05. The van der Waals surface area contributed by atoms with E-state index in [0.717, 1.165) is 18.8 Å². The fourth-order valence-electron chi connectivity index (χ4n) is 3.43. The third-order valence-corrected chi connectivity index (χ3v) is 6.33. The molecule has 7 heteroatoms. The number of nitrogens with zero attached hydrogens (tertiary/aromatic N) is 1. The van der Waals surface area contributed by atoms with Crippen LogP contribution in [0.25, 0.3) is 0 Å². The second-order valence-corrected chi connectivity index (χ2v) is 7.86. The summed E-state index contributed by atoms with van der Waals surface area (Å²) in [7, 11) is 4.69. The molecule has 0 aliphatic heterocycles. The van der Waals surface area contributed by atoms with Gasteiger partial charge in [-0.25, -0.2) is 5.43 Å². The Kier molecular flexibility index (Phi) is 6.57. The molecule has 1 aliphatic carbocycles. The zero-order valence-corrected chi connectivity index (χ0v) is 17.5. The summed E-state index contributed by atoms with van der Waals surface area (Å²) < 4.78 is 16.0. The Morgan fingerprint density at radius 3 is 2.54 bits per heavy atom. The maximum absolute atomic E-state index is 12.5. The van der Waals surface area contributed by atoms with Crippen molar-refractivity contribution in [3.05, 3.63) is 39.1 Å². The van der Waals surface area contributed by atoms with Gasteiger partial charge in [-0.2, -0.15) is 5.10 Å². The summed E-state index contributed by atoms with van der Waals surface area (Å²) in [5, 5.41) is 4.11. The third kappa shape index (κ3) is 4.30. The highest BCUT2D eigenvalue weighted by Crippen LogP contribution is 2.34. The van der Waals surface area contributed by atoms with Gasteiger partial charge in [-0.3, -0.25) is 4.79 Å². The SMILES string of the molecule is CC[C@H]1CCc2sc(C(=O)N/N=C\c3c(OC)cc(OC)cc3OC)cc2C1. The van der Waals surface area contributed by atoms with Crippen LogP contribution in [-0.4, -0.2) is 33.5 Å². The summed E-state index contributed by atoms with van der Waals surface area (Å²) in [5.41, 5.74) is 4.55. The van der Waals surface area contributed by atoms with Crippen LogP contribution in [0.5, 0.6) is 17.2 Å². The number of aryl methyl sites for hydroxylation is 1. The number of amides is 1. The first-order valence-electron chi connectivity index (χ1n) is 9.34. The van der Waals surface area contributed by atoms with Gasteiger partial charge in [-0.1, -0.05) is 13.3 Å². The van der Waals surface area contributed by atoms with E-state index in [1.54, 1.807) is 44.8 Å². The number of carbonyl (C=O) groups excluding carboxylic acids is 1. The summed E-state index contributed by atoms with van der Waals surface area (Å²) in [5.74, 6) is 2.24. The highest BCUT2D eigenvalue weighted by atomic mass is 32.1. The van der Waals surface area contributed by atoms with Crippen molar-refractivity contribution in [3.63, 3.8) is 0 Å². The lowest BCUT2D eigenvalue weighted by Gasteiger charge is -2.19. The van der Waals surface area contributed by atoms with Crippen LogP contribution in [0.3, 0.4) is 0 Å². The maximum atomic E-state index is 12.5. The number of rotatable bonds is 7. The minimum absolute atomic E-state index is 0.199. The molecule has 1 aromatic carbocycles. The van der Waals surface area contributed by atoms with Crippen LogP contribution < -0.4 is 19.6 Å². The quantitative estimate of drug-likeness (QED) is 0.560. The molecule has 1 heterocycles. The van der Waals surface area contributed by atoms with Crippen LogP contribution in [0.15, 0.2) is 23.3 Å². The average molecular weight is 403 g/mol. The molecular weight excluding hydrogens is 376 g/mol. The van der Waals surface area contributed by atoms with E-state index in [1.807, 2.05) is 6.07 Å². The molecule has 0 radical (unpaired) electrons. The van der Waals surface area contributed by atoms with E-state index >= 15 is 0 Å². The first-order valence-corrected chi connectivity index (χ1v) is 10.2. The first-order chi connectivity index (χ1) is 13.6. The van der Waals surface area contributed by atoms with Gasteiger partial charge in [0.1, 0.15) is 17.2 Å². The number of hydrogen-bond donors (Lipinski definition) is 1. The number of ether oxygens (including phenoxy) is 3. The van der Waals surface area contributed by atoms with Gasteiger partial charge in [0.2, 0.25) is 0 Å². The molecule has 2 aromatic rings. The van der Waals surface area contributed by atoms with E-state index in [9.17, 15) is 4.79 Å². The van der Waals surface area contributed by atoms with Crippen LogP contribution >= 0.6 is 11.3 Å². The van der Waals surface area contributed by atoms with Crippen molar-refractivity contribution < 1.29 is 19.0 Å². The molecule has 0 fully saturated rings. The lowest BCUT2D eigenvalue weighted by Crippen LogP contribution is -2.16. The van der Waals surface area contributed by atoms with Crippen molar-refractivity contribution in [2.24, 2.45) is 11.0 Å². The lowest BCUT2D eigenvalue weighted by atomic mass is 9.87. The molecule has 0 bridgehead atoms. The van der Waals surface area contributed by atoms with E-state index in [2.05, 4.69) is 17.5 Å². The molecule has 1 amide bonds. The standard InChI is InChI=1S/C21H26N2O4S/c1-5-13-6-7-19-14(8-13)9-20(28-19)21(24)23-22-12-16-17(26-3)10-15(25-2)11-18(16)27-4/h9-13H,5-8H2,1-4H3,(H,23,24)/b22-12-/t13-/m0/s1. The maximum Gasteiger partial charge on any atom is 0.281 e. The predicted octanol–water partition coefficient (Wildman–Crippen LogP) is 4.05. The number of hydrogen-bond acceptors (Lipinski definition) is 6. The Morgan fingerprint density at radius 1 is 1.21 bits per heavy atom. The Balaban J connectivity index is 1.73. The van der Waals surface area contributed by atoms with Crippen molar-refractivity contribution >= 4 is 23.5 Å². The van der Waals surface area contributed by atoms with Gasteiger partial charge in [0, 0.05) is 17.0 Å². The van der Waals surface area contributed by atoms with E-state index < -0.39 is 0 Å². The topological polar surface area (TPSA) is 69.2 Å². The summed E-state index contributed by atoms with van der Waals surface area (Å²) >= 11 is 1.57. The van der Waals surface area contributed by atoms with Crippen molar-refractivity contribution in [3.8, 4) is 17.2 Å². The Hall–Kier alpha value is -2.54. The van der Waals surface area contributed by atoms with E-state index in [4.69, 9.17) is 14.2 Å². The molecular formula is C21H26N2O4S. The van der Waals surface area contributed by atoms with Crippen molar-refractivity contribution in [1.29, 1.82) is 0 Å². The molecule has 0 spiro atoms. The van der Waals surface area contributed by atoms with Gasteiger partial charge in [0.05, 0.1) is 38.0 Å². The highest BCUT2D eigenvalue weighted by molar-refractivity contribution is 7.14. The highest BCUT2D eigenvalue weighted by Gasteiger charge is 2.22. The monoisotopic (exact) mass is 402 g/mol. The number of fused-ring (bicyclic) bond motifs is 1. The number of benzene rings is 1. The Labute approximate surface area is 169 Å². The van der Waals surface area contributed by atoms with Gasteiger partial charge >= 0.3 is 0 Å². The zero-order valence-electron chi connectivity index (χ0n) is 16.7. The number of nitrogens with one attached hydrogen (secondary N) is 1. The van der Waals surface area contributed by atoms with Crippen molar-refractivity contribution in [2.45, 2.75) is 32.6 Å². The third-order valence-electron chi connectivity index (χ3n) is 5.10. The largest absolute Gasteiger partial charge is 0.496 e. The summed E-state index contributed by atoms with van der Waals surface area (Å²) in [4.78, 5) is 14.5. The molecule has 0 unspecified atom stereocenters. The normalized spacial score (nSPS) is 15.9.